The van der Waals surface area contributed by atoms with Crippen molar-refractivity contribution in [2.45, 2.75) is 47.2 Å². The van der Waals surface area contributed by atoms with Gasteiger partial charge in [0.25, 0.3) is 5.56 Å². The molecule has 9 nitrogen and oxygen atoms in total. The molecule has 35 heavy (non-hydrogen) atoms. The van der Waals surface area contributed by atoms with Crippen molar-refractivity contribution in [1.29, 1.82) is 0 Å². The van der Waals surface area contributed by atoms with Crippen LogP contribution in [0.2, 0.25) is 0 Å². The first-order valence-corrected chi connectivity index (χ1v) is 11.5. The zero-order valence-corrected chi connectivity index (χ0v) is 20.1. The molecule has 5 aromatic rings. The normalized spacial score (nSPS) is 11.4. The first kappa shape index (κ1) is 22.5. The average Bonchev–Trinajstić information content (AvgIpc) is 3.41. The van der Waals surface area contributed by atoms with Crippen LogP contribution in [0.25, 0.3) is 21.9 Å². The SMILES string of the molecule is CCc1noc(Cn2cnc3c4cc(C)ccc4n(CC(=O)Nc4ccc(C)c(C)c4)c3c2=O)n1. The smallest absolute Gasteiger partial charge is 0.278 e. The van der Waals surface area contributed by atoms with Crippen LogP contribution in [0.15, 0.2) is 52.0 Å². The number of nitrogens with zero attached hydrogens (tertiary/aromatic N) is 5. The molecule has 3 aromatic heterocycles. The van der Waals surface area contributed by atoms with E-state index in [-0.39, 0.29) is 24.6 Å². The number of fused-ring (bicyclic) bond motifs is 3. The molecule has 0 atom stereocenters. The highest BCUT2D eigenvalue weighted by molar-refractivity contribution is 6.06. The van der Waals surface area contributed by atoms with E-state index < -0.39 is 0 Å². The highest BCUT2D eigenvalue weighted by Crippen LogP contribution is 2.27. The van der Waals surface area contributed by atoms with Crippen LogP contribution in [0.3, 0.4) is 0 Å². The Morgan fingerprint density at radius 1 is 1.09 bits per heavy atom. The van der Waals surface area contributed by atoms with Gasteiger partial charge in [-0.2, -0.15) is 4.98 Å². The monoisotopic (exact) mass is 470 g/mol. The molecule has 178 valence electrons. The summed E-state index contributed by atoms with van der Waals surface area (Å²) < 4.78 is 8.42. The Hall–Kier alpha value is -4.27. The molecule has 0 saturated carbocycles. The summed E-state index contributed by atoms with van der Waals surface area (Å²) in [7, 11) is 0. The summed E-state index contributed by atoms with van der Waals surface area (Å²) in [5, 5.41) is 7.67. The second-order valence-corrected chi connectivity index (χ2v) is 8.79. The molecule has 2 aromatic carbocycles. The predicted octanol–water partition coefficient (Wildman–Crippen LogP) is 3.91. The topological polar surface area (TPSA) is 108 Å². The van der Waals surface area contributed by atoms with Crippen LogP contribution >= 0.6 is 0 Å². The van der Waals surface area contributed by atoms with Gasteiger partial charge in [-0.3, -0.25) is 14.2 Å². The van der Waals surface area contributed by atoms with Gasteiger partial charge >= 0.3 is 0 Å². The lowest BCUT2D eigenvalue weighted by Gasteiger charge is -2.10. The maximum Gasteiger partial charge on any atom is 0.278 e. The van der Waals surface area contributed by atoms with E-state index in [1.165, 1.54) is 10.9 Å². The predicted molar refractivity (Wildman–Crippen MR) is 134 cm³/mol. The van der Waals surface area contributed by atoms with E-state index in [2.05, 4.69) is 20.4 Å². The minimum absolute atomic E-state index is 0.0303. The van der Waals surface area contributed by atoms with Crippen molar-refractivity contribution in [3.05, 3.63) is 81.5 Å². The fourth-order valence-electron chi connectivity index (χ4n) is 4.20. The second kappa shape index (κ2) is 8.83. The fraction of sp³-hybridized carbons (Fsp3) is 0.269. The number of carbonyl (C=O) groups is 1. The van der Waals surface area contributed by atoms with Gasteiger partial charge in [0, 0.05) is 17.5 Å². The van der Waals surface area contributed by atoms with Crippen LogP contribution in [0, 0.1) is 20.8 Å². The zero-order chi connectivity index (χ0) is 24.7. The summed E-state index contributed by atoms with van der Waals surface area (Å²) in [6.07, 6.45) is 2.13. The molecule has 0 unspecified atom stereocenters. The molecular weight excluding hydrogens is 444 g/mol. The van der Waals surface area contributed by atoms with E-state index in [1.807, 2.05) is 64.1 Å². The lowest BCUT2D eigenvalue weighted by atomic mass is 10.1. The molecule has 0 saturated heterocycles. The lowest BCUT2D eigenvalue weighted by Crippen LogP contribution is -2.25. The molecule has 0 aliphatic carbocycles. The summed E-state index contributed by atoms with van der Waals surface area (Å²) in [6.45, 7) is 8.01. The first-order valence-electron chi connectivity index (χ1n) is 11.5. The summed E-state index contributed by atoms with van der Waals surface area (Å²) in [5.41, 5.74) is 5.42. The summed E-state index contributed by atoms with van der Waals surface area (Å²) in [5.74, 6) is 0.678. The van der Waals surface area contributed by atoms with Gasteiger partial charge in [-0.1, -0.05) is 29.8 Å². The first-order chi connectivity index (χ1) is 16.8. The molecule has 1 amide bonds. The van der Waals surface area contributed by atoms with Gasteiger partial charge in [-0.25, -0.2) is 4.98 Å². The van der Waals surface area contributed by atoms with Gasteiger partial charge in [0.2, 0.25) is 11.8 Å². The molecule has 0 spiro atoms. The van der Waals surface area contributed by atoms with Crippen molar-refractivity contribution < 1.29 is 9.32 Å². The maximum atomic E-state index is 13.6. The molecule has 3 heterocycles. The van der Waals surface area contributed by atoms with Gasteiger partial charge in [0.05, 0.1) is 11.8 Å². The number of carbonyl (C=O) groups excluding carboxylic acids is 1. The number of hydrogen-bond acceptors (Lipinski definition) is 6. The molecule has 1 N–H and O–H groups in total. The minimum atomic E-state index is -0.279. The minimum Gasteiger partial charge on any atom is -0.337 e. The molecule has 5 rings (SSSR count). The Morgan fingerprint density at radius 2 is 1.91 bits per heavy atom. The van der Waals surface area contributed by atoms with Crippen LogP contribution in [0.5, 0.6) is 0 Å². The number of amides is 1. The van der Waals surface area contributed by atoms with Gasteiger partial charge in [0.1, 0.15) is 24.1 Å². The number of hydrogen-bond donors (Lipinski definition) is 1. The van der Waals surface area contributed by atoms with E-state index in [1.54, 1.807) is 4.57 Å². The number of nitrogens with one attached hydrogen (secondary N) is 1. The number of aromatic nitrogens is 5. The number of anilines is 1. The Kier molecular flexibility index (Phi) is 5.68. The Morgan fingerprint density at radius 3 is 2.66 bits per heavy atom. The Labute approximate surface area is 201 Å². The van der Waals surface area contributed by atoms with Gasteiger partial charge in [-0.15, -0.1) is 0 Å². The van der Waals surface area contributed by atoms with Gasteiger partial charge in [0.15, 0.2) is 5.82 Å². The largest absolute Gasteiger partial charge is 0.337 e. The third-order valence-electron chi connectivity index (χ3n) is 6.21. The molecule has 0 radical (unpaired) electrons. The molecule has 9 heteroatoms. The molecule has 0 bridgehead atoms. The van der Waals surface area contributed by atoms with Gasteiger partial charge < -0.3 is 14.4 Å². The summed E-state index contributed by atoms with van der Waals surface area (Å²) >= 11 is 0. The fourth-order valence-corrected chi connectivity index (χ4v) is 4.20. The Bertz CT molecular complexity index is 1640. The lowest BCUT2D eigenvalue weighted by molar-refractivity contribution is -0.116. The van der Waals surface area contributed by atoms with E-state index in [4.69, 9.17) is 4.52 Å². The average molecular weight is 471 g/mol. The van der Waals surface area contributed by atoms with Crippen LogP contribution in [0.1, 0.15) is 35.3 Å². The number of benzene rings is 2. The van der Waals surface area contributed by atoms with E-state index in [9.17, 15) is 9.59 Å². The standard InChI is InChI=1S/C26H26N6O3/c1-5-21-29-23(35-30-21)13-31-14-27-24-19-10-15(2)6-9-20(19)32(25(24)26(31)34)12-22(33)28-18-8-7-16(3)17(4)11-18/h6-11,14H,5,12-13H2,1-4H3,(H,28,33). The maximum absolute atomic E-state index is 13.6. The quantitative estimate of drug-likeness (QED) is 0.403. The molecule has 0 fully saturated rings. The van der Waals surface area contributed by atoms with E-state index in [0.29, 0.717) is 34.9 Å². The van der Waals surface area contributed by atoms with Crippen LogP contribution in [0.4, 0.5) is 5.69 Å². The van der Waals surface area contributed by atoms with Crippen molar-refractivity contribution in [2.75, 3.05) is 5.32 Å². The second-order valence-electron chi connectivity index (χ2n) is 8.79. The highest BCUT2D eigenvalue weighted by Gasteiger charge is 2.19. The van der Waals surface area contributed by atoms with Crippen LogP contribution in [-0.2, 0) is 24.3 Å². The van der Waals surface area contributed by atoms with E-state index >= 15 is 0 Å². The van der Waals surface area contributed by atoms with E-state index in [0.717, 1.165) is 27.6 Å². The van der Waals surface area contributed by atoms with Crippen molar-refractivity contribution in [2.24, 2.45) is 0 Å². The molecule has 0 aliphatic heterocycles. The Balaban J connectivity index is 1.57. The summed E-state index contributed by atoms with van der Waals surface area (Å²) in [4.78, 5) is 35.5. The molecular formula is C26H26N6O3. The van der Waals surface area contributed by atoms with Gasteiger partial charge in [-0.05, 0) is 56.2 Å². The van der Waals surface area contributed by atoms with Crippen molar-refractivity contribution in [3.8, 4) is 0 Å². The highest BCUT2D eigenvalue weighted by atomic mass is 16.5. The van der Waals surface area contributed by atoms with Crippen molar-refractivity contribution in [3.63, 3.8) is 0 Å². The molecule has 0 aliphatic rings. The third kappa shape index (κ3) is 4.21. The van der Waals surface area contributed by atoms with Crippen LogP contribution in [-0.4, -0.2) is 30.2 Å². The number of rotatable bonds is 6. The summed E-state index contributed by atoms with van der Waals surface area (Å²) in [6, 6.07) is 11.6. The third-order valence-corrected chi connectivity index (χ3v) is 6.21. The van der Waals surface area contributed by atoms with Crippen LogP contribution < -0.4 is 10.9 Å². The van der Waals surface area contributed by atoms with Crippen molar-refractivity contribution in [1.82, 2.24) is 24.3 Å². The van der Waals surface area contributed by atoms with Crippen molar-refractivity contribution >= 4 is 33.5 Å². The zero-order valence-electron chi connectivity index (χ0n) is 20.1. The number of aryl methyl sites for hydroxylation is 4.